The highest BCUT2D eigenvalue weighted by molar-refractivity contribution is 5.65. The minimum atomic E-state index is -0.410. The summed E-state index contributed by atoms with van der Waals surface area (Å²) in [6, 6.07) is 18.9. The van der Waals surface area contributed by atoms with Gasteiger partial charge in [-0.1, -0.05) is 48.0 Å². The van der Waals surface area contributed by atoms with E-state index in [9.17, 15) is 5.11 Å². The molecule has 5 rings (SSSR count). The molecule has 1 atom stereocenters. The van der Waals surface area contributed by atoms with E-state index in [2.05, 4.69) is 41.0 Å². The molecule has 1 aliphatic heterocycles. The van der Waals surface area contributed by atoms with E-state index in [0.717, 1.165) is 54.8 Å². The van der Waals surface area contributed by atoms with E-state index in [1.54, 1.807) is 0 Å². The molecule has 3 aromatic rings. The van der Waals surface area contributed by atoms with Crippen molar-refractivity contribution in [3.63, 3.8) is 0 Å². The Hall–Kier alpha value is -2.71. The SMILES string of the molecule is Cc1ccc(Oc2c(CN(CC(O)CN3CCOCC3)C3CC3)c(-c3ccccc3)nn2C)cc1. The van der Waals surface area contributed by atoms with E-state index < -0.39 is 6.10 Å². The highest BCUT2D eigenvalue weighted by Crippen LogP contribution is 2.37. The second-order valence-electron chi connectivity index (χ2n) is 9.76. The van der Waals surface area contributed by atoms with E-state index in [4.69, 9.17) is 14.6 Å². The molecule has 1 unspecified atom stereocenters. The first kappa shape index (κ1) is 24.0. The Labute approximate surface area is 207 Å². The van der Waals surface area contributed by atoms with Crippen LogP contribution in [0, 0.1) is 6.92 Å². The smallest absolute Gasteiger partial charge is 0.222 e. The number of benzene rings is 2. The van der Waals surface area contributed by atoms with Gasteiger partial charge in [-0.3, -0.25) is 9.80 Å². The van der Waals surface area contributed by atoms with Crippen molar-refractivity contribution in [3.05, 3.63) is 65.7 Å². The molecule has 2 fully saturated rings. The Morgan fingerprint density at radius 2 is 1.80 bits per heavy atom. The summed E-state index contributed by atoms with van der Waals surface area (Å²) in [5.41, 5.74) is 4.26. The normalized spacial score (nSPS) is 17.6. The van der Waals surface area contributed by atoms with Crippen LogP contribution in [0.25, 0.3) is 11.3 Å². The zero-order chi connectivity index (χ0) is 24.2. The van der Waals surface area contributed by atoms with Gasteiger partial charge in [-0.25, -0.2) is 4.68 Å². The molecule has 35 heavy (non-hydrogen) atoms. The Balaban J connectivity index is 1.41. The minimum absolute atomic E-state index is 0.410. The van der Waals surface area contributed by atoms with Crippen LogP contribution in [0.3, 0.4) is 0 Å². The molecule has 0 amide bonds. The number of aliphatic hydroxyl groups is 1. The third-order valence-corrected chi connectivity index (χ3v) is 6.81. The first-order valence-electron chi connectivity index (χ1n) is 12.6. The van der Waals surface area contributed by atoms with Gasteiger partial charge in [0.1, 0.15) is 11.4 Å². The largest absolute Gasteiger partial charge is 0.439 e. The number of nitrogens with zero attached hydrogens (tertiary/aromatic N) is 4. The third-order valence-electron chi connectivity index (χ3n) is 6.81. The molecule has 2 aromatic carbocycles. The van der Waals surface area contributed by atoms with Crippen LogP contribution in [-0.2, 0) is 18.3 Å². The van der Waals surface area contributed by atoms with Crippen LogP contribution in [0.4, 0.5) is 0 Å². The number of aromatic nitrogens is 2. The first-order chi connectivity index (χ1) is 17.1. The fraction of sp³-hybridized carbons (Fsp3) is 0.464. The zero-order valence-electron chi connectivity index (χ0n) is 20.8. The van der Waals surface area contributed by atoms with Gasteiger partial charge in [-0.15, -0.1) is 0 Å². The Morgan fingerprint density at radius 3 is 2.49 bits per heavy atom. The number of hydrogen-bond acceptors (Lipinski definition) is 6. The number of aliphatic hydroxyl groups excluding tert-OH is 1. The molecule has 1 N–H and O–H groups in total. The van der Waals surface area contributed by atoms with E-state index in [1.165, 1.54) is 18.4 Å². The van der Waals surface area contributed by atoms with Crippen molar-refractivity contribution < 1.29 is 14.6 Å². The molecule has 1 saturated carbocycles. The molecule has 1 saturated heterocycles. The standard InChI is InChI=1S/C28H36N4O3/c1-21-8-12-25(13-9-21)35-28-26(27(29-30(28)2)22-6-4-3-5-7-22)20-32(23-10-11-23)19-24(33)18-31-14-16-34-17-15-31/h3-9,12-13,23-24,33H,10-11,14-20H2,1-2H3. The van der Waals surface area contributed by atoms with Crippen molar-refractivity contribution in [1.29, 1.82) is 0 Å². The quantitative estimate of drug-likeness (QED) is 0.480. The Morgan fingerprint density at radius 1 is 1.09 bits per heavy atom. The van der Waals surface area contributed by atoms with Gasteiger partial charge in [0.25, 0.3) is 0 Å². The van der Waals surface area contributed by atoms with Crippen LogP contribution in [0.15, 0.2) is 54.6 Å². The second kappa shape index (κ2) is 10.9. The molecule has 0 spiro atoms. The molecule has 2 heterocycles. The molecule has 0 radical (unpaired) electrons. The Bertz CT molecular complexity index is 1090. The zero-order valence-corrected chi connectivity index (χ0v) is 20.8. The number of rotatable bonds is 10. The lowest BCUT2D eigenvalue weighted by molar-refractivity contribution is 0.00547. The van der Waals surface area contributed by atoms with E-state index in [1.807, 2.05) is 42.1 Å². The van der Waals surface area contributed by atoms with Crippen LogP contribution < -0.4 is 4.74 Å². The molecule has 2 aliphatic rings. The van der Waals surface area contributed by atoms with Gasteiger partial charge in [-0.2, -0.15) is 5.10 Å². The van der Waals surface area contributed by atoms with Crippen LogP contribution in [0.2, 0.25) is 0 Å². The van der Waals surface area contributed by atoms with Crippen molar-refractivity contribution in [2.75, 3.05) is 39.4 Å². The molecule has 1 aliphatic carbocycles. The van der Waals surface area contributed by atoms with Gasteiger partial charge in [-0.05, 0) is 31.9 Å². The molecule has 7 nitrogen and oxygen atoms in total. The van der Waals surface area contributed by atoms with Crippen LogP contribution in [0.1, 0.15) is 24.0 Å². The average Bonchev–Trinajstić information content (AvgIpc) is 3.67. The van der Waals surface area contributed by atoms with Gasteiger partial charge >= 0.3 is 0 Å². The van der Waals surface area contributed by atoms with E-state index in [0.29, 0.717) is 25.7 Å². The van der Waals surface area contributed by atoms with Gasteiger partial charge < -0.3 is 14.6 Å². The van der Waals surface area contributed by atoms with Gasteiger partial charge in [0.15, 0.2) is 0 Å². The topological polar surface area (TPSA) is 63.0 Å². The summed E-state index contributed by atoms with van der Waals surface area (Å²) < 4.78 is 13.7. The van der Waals surface area contributed by atoms with Gasteiger partial charge in [0.2, 0.25) is 5.88 Å². The lowest BCUT2D eigenvalue weighted by Crippen LogP contribution is -2.45. The van der Waals surface area contributed by atoms with Crippen molar-refractivity contribution in [3.8, 4) is 22.9 Å². The summed E-state index contributed by atoms with van der Waals surface area (Å²) in [5, 5.41) is 15.9. The first-order valence-corrected chi connectivity index (χ1v) is 12.6. The fourth-order valence-corrected chi connectivity index (χ4v) is 4.76. The van der Waals surface area contributed by atoms with Crippen molar-refractivity contribution in [1.82, 2.24) is 19.6 Å². The maximum absolute atomic E-state index is 11.0. The summed E-state index contributed by atoms with van der Waals surface area (Å²) in [7, 11) is 1.94. The highest BCUT2D eigenvalue weighted by Gasteiger charge is 2.33. The fourth-order valence-electron chi connectivity index (χ4n) is 4.76. The molecular formula is C28H36N4O3. The van der Waals surface area contributed by atoms with E-state index in [-0.39, 0.29) is 0 Å². The lowest BCUT2D eigenvalue weighted by Gasteiger charge is -2.31. The molecule has 186 valence electrons. The minimum Gasteiger partial charge on any atom is -0.439 e. The Kier molecular flexibility index (Phi) is 7.48. The van der Waals surface area contributed by atoms with Crippen LogP contribution >= 0.6 is 0 Å². The summed E-state index contributed by atoms with van der Waals surface area (Å²) in [5.74, 6) is 1.55. The lowest BCUT2D eigenvalue weighted by atomic mass is 10.1. The van der Waals surface area contributed by atoms with Crippen molar-refractivity contribution in [2.24, 2.45) is 7.05 Å². The molecular weight excluding hydrogens is 440 g/mol. The second-order valence-corrected chi connectivity index (χ2v) is 9.76. The summed E-state index contributed by atoms with van der Waals surface area (Å²) in [6.45, 7) is 7.33. The maximum Gasteiger partial charge on any atom is 0.222 e. The van der Waals surface area contributed by atoms with Crippen molar-refractivity contribution >= 4 is 0 Å². The predicted molar refractivity (Wildman–Crippen MR) is 137 cm³/mol. The van der Waals surface area contributed by atoms with E-state index >= 15 is 0 Å². The van der Waals surface area contributed by atoms with Gasteiger partial charge in [0, 0.05) is 51.4 Å². The predicted octanol–water partition coefficient (Wildman–Crippen LogP) is 3.85. The van der Waals surface area contributed by atoms with Crippen molar-refractivity contribution in [2.45, 2.75) is 38.5 Å². The summed E-state index contributed by atoms with van der Waals surface area (Å²) in [6.07, 6.45) is 1.92. The molecule has 7 heteroatoms. The summed E-state index contributed by atoms with van der Waals surface area (Å²) >= 11 is 0. The average molecular weight is 477 g/mol. The van der Waals surface area contributed by atoms with Crippen LogP contribution in [0.5, 0.6) is 11.6 Å². The third kappa shape index (κ3) is 6.11. The van der Waals surface area contributed by atoms with Crippen LogP contribution in [-0.4, -0.2) is 76.2 Å². The van der Waals surface area contributed by atoms with Gasteiger partial charge in [0.05, 0.1) is 24.9 Å². The monoisotopic (exact) mass is 476 g/mol. The maximum atomic E-state index is 11.0. The molecule has 0 bridgehead atoms. The highest BCUT2D eigenvalue weighted by atomic mass is 16.5. The number of hydrogen-bond donors (Lipinski definition) is 1. The molecule has 1 aromatic heterocycles. The number of aryl methyl sites for hydroxylation is 2. The number of ether oxygens (including phenoxy) is 2. The summed E-state index contributed by atoms with van der Waals surface area (Å²) in [4.78, 5) is 4.71. The number of β-amino-alcohol motifs (C(OH)–C–C–N with tert-alkyl or cyclic N) is 1. The number of morpholine rings is 1.